The second-order valence-electron chi connectivity index (χ2n) is 6.89. The molecule has 2 aromatic rings. The van der Waals surface area contributed by atoms with Crippen molar-refractivity contribution in [1.82, 2.24) is 10.2 Å². The number of nitrogens with zero attached hydrogens (tertiary/aromatic N) is 1. The molecule has 0 saturated heterocycles. The molecule has 1 aliphatic heterocycles. The molecular formula is C22H28Br2N2O2. The zero-order chi connectivity index (χ0) is 20.1. The molecule has 0 saturated carbocycles. The van der Waals surface area contributed by atoms with E-state index >= 15 is 0 Å². The van der Waals surface area contributed by atoms with E-state index in [0.29, 0.717) is 6.61 Å². The minimum Gasteiger partial charge on any atom is -0.493 e. The van der Waals surface area contributed by atoms with Crippen LogP contribution in [0, 0.1) is 0 Å². The predicted octanol–water partition coefficient (Wildman–Crippen LogP) is 5.18. The third-order valence-corrected chi connectivity index (χ3v) is 7.20. The van der Waals surface area contributed by atoms with E-state index in [0.717, 1.165) is 53.0 Å². The summed E-state index contributed by atoms with van der Waals surface area (Å²) in [6, 6.07) is 10.9. The summed E-state index contributed by atoms with van der Waals surface area (Å²) in [7, 11) is 1.71. The van der Waals surface area contributed by atoms with E-state index in [-0.39, 0.29) is 6.04 Å². The van der Waals surface area contributed by atoms with E-state index in [4.69, 9.17) is 9.47 Å². The zero-order valence-corrected chi connectivity index (χ0v) is 19.9. The van der Waals surface area contributed by atoms with E-state index in [9.17, 15) is 0 Å². The van der Waals surface area contributed by atoms with E-state index in [1.54, 1.807) is 7.11 Å². The van der Waals surface area contributed by atoms with Crippen molar-refractivity contribution in [3.05, 3.63) is 56.0 Å². The van der Waals surface area contributed by atoms with Crippen molar-refractivity contribution >= 4 is 31.9 Å². The molecule has 1 heterocycles. The number of benzene rings is 2. The maximum Gasteiger partial charge on any atom is 0.161 e. The predicted molar refractivity (Wildman–Crippen MR) is 122 cm³/mol. The van der Waals surface area contributed by atoms with Crippen molar-refractivity contribution < 1.29 is 9.47 Å². The molecule has 28 heavy (non-hydrogen) atoms. The molecule has 6 heteroatoms. The zero-order valence-electron chi connectivity index (χ0n) is 16.7. The number of likely N-dealkylation sites (N-methyl/N-ethyl adjacent to an activating group) is 1. The number of hydrogen-bond donors (Lipinski definition) is 1. The van der Waals surface area contributed by atoms with Gasteiger partial charge in [-0.25, -0.2) is 0 Å². The van der Waals surface area contributed by atoms with Crippen LogP contribution in [-0.4, -0.2) is 44.8 Å². The van der Waals surface area contributed by atoms with Crippen molar-refractivity contribution in [2.45, 2.75) is 26.3 Å². The first-order chi connectivity index (χ1) is 13.6. The molecule has 152 valence electrons. The summed E-state index contributed by atoms with van der Waals surface area (Å²) in [5, 5.41) is 3.65. The number of hydrogen-bond acceptors (Lipinski definition) is 4. The Bertz CT molecular complexity index is 809. The van der Waals surface area contributed by atoms with Crippen LogP contribution >= 0.6 is 31.9 Å². The highest BCUT2D eigenvalue weighted by Gasteiger charge is 2.24. The van der Waals surface area contributed by atoms with Gasteiger partial charge in [0.15, 0.2) is 11.5 Å². The summed E-state index contributed by atoms with van der Waals surface area (Å²) >= 11 is 7.19. The minimum atomic E-state index is 0.143. The molecule has 1 N–H and O–H groups in total. The van der Waals surface area contributed by atoms with E-state index in [1.165, 1.54) is 16.7 Å². The van der Waals surface area contributed by atoms with Gasteiger partial charge < -0.3 is 19.7 Å². The molecule has 1 aliphatic rings. The van der Waals surface area contributed by atoms with Gasteiger partial charge in [-0.2, -0.15) is 0 Å². The third-order valence-electron chi connectivity index (χ3n) is 5.32. The molecule has 1 unspecified atom stereocenters. The summed E-state index contributed by atoms with van der Waals surface area (Å²) < 4.78 is 13.9. The highest BCUT2D eigenvalue weighted by Crippen LogP contribution is 2.38. The van der Waals surface area contributed by atoms with Gasteiger partial charge >= 0.3 is 0 Å². The number of halogens is 2. The third kappa shape index (κ3) is 4.90. The summed E-state index contributed by atoms with van der Waals surface area (Å²) in [5.41, 5.74) is 3.81. The van der Waals surface area contributed by atoms with Crippen molar-refractivity contribution in [2.75, 3.05) is 39.9 Å². The Hall–Kier alpha value is -1.08. The maximum absolute atomic E-state index is 6.14. The molecule has 1 atom stereocenters. The standard InChI is InChI=1S/C22H28Br2N2O2/c1-4-26(5-2)10-11-28-21-14-17-15(13-20(21)27-3)8-9-25-22(17)16-6-7-18(23)19(24)12-16/h6-7,12-14,22,25H,4-5,8-11H2,1-3H3. The van der Waals surface area contributed by atoms with Gasteiger partial charge in [0, 0.05) is 22.0 Å². The van der Waals surface area contributed by atoms with Crippen LogP contribution in [0.2, 0.25) is 0 Å². The monoisotopic (exact) mass is 510 g/mol. The topological polar surface area (TPSA) is 33.7 Å². The maximum atomic E-state index is 6.14. The van der Waals surface area contributed by atoms with Crippen LogP contribution < -0.4 is 14.8 Å². The van der Waals surface area contributed by atoms with Crippen LogP contribution in [0.15, 0.2) is 39.3 Å². The Morgan fingerprint density at radius 2 is 1.86 bits per heavy atom. The molecule has 0 radical (unpaired) electrons. The normalized spacial score (nSPS) is 16.1. The average Bonchev–Trinajstić information content (AvgIpc) is 2.72. The lowest BCUT2D eigenvalue weighted by atomic mass is 9.89. The largest absolute Gasteiger partial charge is 0.493 e. The average molecular weight is 512 g/mol. The van der Waals surface area contributed by atoms with Crippen LogP contribution in [-0.2, 0) is 6.42 Å². The lowest BCUT2D eigenvalue weighted by molar-refractivity contribution is 0.217. The molecule has 0 spiro atoms. The Kier molecular flexibility index (Phi) is 7.80. The summed E-state index contributed by atoms with van der Waals surface area (Å²) in [4.78, 5) is 2.36. The molecule has 0 fully saturated rings. The second-order valence-corrected chi connectivity index (χ2v) is 8.60. The fourth-order valence-corrected chi connectivity index (χ4v) is 4.29. The van der Waals surface area contributed by atoms with Gasteiger partial charge in [-0.3, -0.25) is 0 Å². The van der Waals surface area contributed by atoms with Crippen LogP contribution in [0.4, 0.5) is 0 Å². The fourth-order valence-electron chi connectivity index (χ4n) is 3.65. The smallest absolute Gasteiger partial charge is 0.161 e. The highest BCUT2D eigenvalue weighted by atomic mass is 79.9. The molecule has 2 aromatic carbocycles. The van der Waals surface area contributed by atoms with Gasteiger partial charge in [-0.15, -0.1) is 0 Å². The first kappa shape index (κ1) is 21.6. The Labute approximate surface area is 184 Å². The Morgan fingerprint density at radius 3 is 2.54 bits per heavy atom. The number of rotatable bonds is 8. The van der Waals surface area contributed by atoms with E-state index in [1.807, 2.05) is 0 Å². The Balaban J connectivity index is 1.88. The highest BCUT2D eigenvalue weighted by molar-refractivity contribution is 9.13. The van der Waals surface area contributed by atoms with Gasteiger partial charge in [0.25, 0.3) is 0 Å². The van der Waals surface area contributed by atoms with Crippen LogP contribution in [0.1, 0.15) is 36.6 Å². The van der Waals surface area contributed by atoms with Crippen LogP contribution in [0.25, 0.3) is 0 Å². The van der Waals surface area contributed by atoms with Crippen LogP contribution in [0.3, 0.4) is 0 Å². The minimum absolute atomic E-state index is 0.143. The van der Waals surface area contributed by atoms with Crippen LogP contribution in [0.5, 0.6) is 11.5 Å². The van der Waals surface area contributed by atoms with Crippen molar-refractivity contribution in [3.63, 3.8) is 0 Å². The molecule has 0 aliphatic carbocycles. The molecule has 4 nitrogen and oxygen atoms in total. The van der Waals surface area contributed by atoms with Gasteiger partial charge in [0.2, 0.25) is 0 Å². The molecule has 3 rings (SSSR count). The fraction of sp³-hybridized carbons (Fsp3) is 0.455. The van der Waals surface area contributed by atoms with Gasteiger partial charge in [0.05, 0.1) is 13.2 Å². The molecule has 0 aromatic heterocycles. The Morgan fingerprint density at radius 1 is 1.07 bits per heavy atom. The van der Waals surface area contributed by atoms with Gasteiger partial charge in [-0.05, 0) is 92.3 Å². The number of nitrogens with one attached hydrogen (secondary N) is 1. The lowest BCUT2D eigenvalue weighted by Crippen LogP contribution is -2.31. The summed E-state index contributed by atoms with van der Waals surface area (Å²) in [6.07, 6.45) is 0.986. The van der Waals surface area contributed by atoms with E-state index in [2.05, 4.69) is 86.3 Å². The van der Waals surface area contributed by atoms with Crippen molar-refractivity contribution in [2.24, 2.45) is 0 Å². The van der Waals surface area contributed by atoms with Crippen molar-refractivity contribution in [3.8, 4) is 11.5 Å². The number of fused-ring (bicyclic) bond motifs is 1. The first-order valence-electron chi connectivity index (χ1n) is 9.81. The molecule has 0 amide bonds. The number of ether oxygens (including phenoxy) is 2. The number of methoxy groups -OCH3 is 1. The SMILES string of the molecule is CCN(CC)CCOc1cc2c(cc1OC)CCNC2c1ccc(Br)c(Br)c1. The summed E-state index contributed by atoms with van der Waals surface area (Å²) in [6.45, 7) is 8.92. The quantitative estimate of drug-likeness (QED) is 0.529. The first-order valence-corrected chi connectivity index (χ1v) is 11.4. The van der Waals surface area contributed by atoms with E-state index < -0.39 is 0 Å². The summed E-state index contributed by atoms with van der Waals surface area (Å²) in [5.74, 6) is 1.63. The molecular weight excluding hydrogens is 484 g/mol. The van der Waals surface area contributed by atoms with Crippen molar-refractivity contribution in [1.29, 1.82) is 0 Å². The van der Waals surface area contributed by atoms with Gasteiger partial charge in [0.1, 0.15) is 6.61 Å². The second kappa shape index (κ2) is 10.1. The molecule has 0 bridgehead atoms. The van der Waals surface area contributed by atoms with Gasteiger partial charge in [-0.1, -0.05) is 19.9 Å². The lowest BCUT2D eigenvalue weighted by Gasteiger charge is -2.29.